The predicted molar refractivity (Wildman–Crippen MR) is 84.6 cm³/mol. The lowest BCUT2D eigenvalue weighted by atomic mass is 10.1. The smallest absolute Gasteiger partial charge is 0.258 e. The molecule has 0 fully saturated rings. The summed E-state index contributed by atoms with van der Waals surface area (Å²) in [4.78, 5) is 15.7. The van der Waals surface area contributed by atoms with Crippen LogP contribution < -0.4 is 11.1 Å². The Morgan fingerprint density at radius 1 is 1.48 bits per heavy atom. The van der Waals surface area contributed by atoms with Gasteiger partial charge in [-0.1, -0.05) is 5.16 Å². The van der Waals surface area contributed by atoms with Crippen molar-refractivity contribution in [3.8, 4) is 11.5 Å². The third kappa shape index (κ3) is 3.21. The summed E-state index contributed by atoms with van der Waals surface area (Å²) in [5.41, 5.74) is 7.04. The molecule has 0 atom stereocenters. The maximum Gasteiger partial charge on any atom is 0.258 e. The van der Waals surface area contributed by atoms with Crippen molar-refractivity contribution in [2.75, 3.05) is 5.32 Å². The summed E-state index contributed by atoms with van der Waals surface area (Å²) >= 11 is 1.53. The number of anilines is 1. The summed E-state index contributed by atoms with van der Waals surface area (Å²) in [6.07, 6.45) is 0. The van der Waals surface area contributed by atoms with Crippen LogP contribution in [0.15, 0.2) is 33.5 Å². The van der Waals surface area contributed by atoms with E-state index in [2.05, 4.69) is 15.5 Å². The maximum absolute atomic E-state index is 13.6. The zero-order valence-electron chi connectivity index (χ0n) is 12.2. The van der Waals surface area contributed by atoms with Crippen LogP contribution in [0.1, 0.15) is 21.7 Å². The Morgan fingerprint density at radius 3 is 3.00 bits per heavy atom. The number of thiophene rings is 1. The molecule has 0 spiro atoms. The number of aromatic nitrogens is 2. The van der Waals surface area contributed by atoms with Gasteiger partial charge in [0, 0.05) is 11.1 Å². The fourth-order valence-corrected chi connectivity index (χ4v) is 2.66. The molecule has 1 aromatic carbocycles. The average molecular weight is 332 g/mol. The number of nitrogens with two attached hydrogens (primary N) is 1. The van der Waals surface area contributed by atoms with Gasteiger partial charge in [0.15, 0.2) is 5.82 Å². The first kappa shape index (κ1) is 15.2. The molecule has 3 aromatic rings. The molecule has 0 unspecified atom stereocenters. The summed E-state index contributed by atoms with van der Waals surface area (Å²) in [6, 6.07) is 4.52. The van der Waals surface area contributed by atoms with Crippen LogP contribution in [0.25, 0.3) is 11.5 Å². The summed E-state index contributed by atoms with van der Waals surface area (Å²) in [5.74, 6) is -0.348. The Hall–Kier alpha value is -2.74. The Morgan fingerprint density at radius 2 is 2.30 bits per heavy atom. The molecule has 1 amide bonds. The number of nitrogens with one attached hydrogen (secondary N) is 1. The third-order valence-electron chi connectivity index (χ3n) is 3.24. The van der Waals surface area contributed by atoms with Gasteiger partial charge in [-0.25, -0.2) is 4.39 Å². The second-order valence-electron chi connectivity index (χ2n) is 4.89. The number of rotatable bonds is 5. The van der Waals surface area contributed by atoms with E-state index in [1.54, 1.807) is 6.92 Å². The minimum Gasteiger partial charge on any atom is -0.377 e. The molecule has 0 aliphatic heterocycles. The third-order valence-corrected chi connectivity index (χ3v) is 3.92. The molecule has 0 bridgehead atoms. The number of amides is 1. The van der Waals surface area contributed by atoms with Crippen molar-refractivity contribution in [1.29, 1.82) is 0 Å². The van der Waals surface area contributed by atoms with Crippen LogP contribution in [0.2, 0.25) is 0 Å². The summed E-state index contributed by atoms with van der Waals surface area (Å²) < 4.78 is 18.7. The molecular weight excluding hydrogens is 319 g/mol. The highest BCUT2D eigenvalue weighted by Gasteiger charge is 2.14. The number of nitrogens with zero attached hydrogens (tertiary/aromatic N) is 2. The molecule has 8 heteroatoms. The first-order chi connectivity index (χ1) is 11.0. The molecule has 2 aromatic heterocycles. The molecule has 0 radical (unpaired) electrons. The van der Waals surface area contributed by atoms with Gasteiger partial charge in [-0.15, -0.1) is 0 Å². The van der Waals surface area contributed by atoms with Gasteiger partial charge in [0.25, 0.3) is 11.8 Å². The minimum atomic E-state index is -0.710. The standard InChI is InChI=1S/C15H13FN4O2S/c1-8-4-12(10(14(17)21)5-11(8)16)18-6-13-19-15(22-20-13)9-2-3-23-7-9/h2-5,7,18H,6H2,1H3,(H2,17,21). The lowest BCUT2D eigenvalue weighted by molar-refractivity contribution is 0.100. The first-order valence-corrected chi connectivity index (χ1v) is 7.68. The van der Waals surface area contributed by atoms with Gasteiger partial charge in [-0.2, -0.15) is 16.3 Å². The van der Waals surface area contributed by atoms with Crippen molar-refractivity contribution < 1.29 is 13.7 Å². The Bertz CT molecular complexity index is 845. The number of hydrogen-bond acceptors (Lipinski definition) is 6. The van der Waals surface area contributed by atoms with Crippen LogP contribution in [-0.2, 0) is 6.54 Å². The predicted octanol–water partition coefficient (Wildman–Crippen LogP) is 2.96. The number of halogens is 1. The molecular formula is C15H13FN4O2S. The lowest BCUT2D eigenvalue weighted by Crippen LogP contribution is -2.15. The Kier molecular flexibility index (Phi) is 4.07. The average Bonchev–Trinajstić information content (AvgIpc) is 3.18. The number of primary amides is 1. The SMILES string of the molecule is Cc1cc(NCc2noc(-c3ccsc3)n2)c(C(N)=O)cc1F. The van der Waals surface area contributed by atoms with E-state index in [9.17, 15) is 9.18 Å². The number of benzene rings is 1. The zero-order valence-corrected chi connectivity index (χ0v) is 13.0. The number of carbonyl (C=O) groups excluding carboxylic acids is 1. The number of hydrogen-bond donors (Lipinski definition) is 2. The van der Waals surface area contributed by atoms with E-state index in [-0.39, 0.29) is 12.1 Å². The van der Waals surface area contributed by atoms with Gasteiger partial charge in [-0.3, -0.25) is 4.79 Å². The maximum atomic E-state index is 13.6. The fourth-order valence-electron chi connectivity index (χ4n) is 2.04. The molecule has 0 saturated heterocycles. The molecule has 3 N–H and O–H groups in total. The van der Waals surface area contributed by atoms with Gasteiger partial charge in [0.2, 0.25) is 0 Å². The van der Waals surface area contributed by atoms with Gasteiger partial charge < -0.3 is 15.6 Å². The monoisotopic (exact) mass is 332 g/mol. The van der Waals surface area contributed by atoms with Gasteiger partial charge in [0.1, 0.15) is 5.82 Å². The summed E-state index contributed by atoms with van der Waals surface area (Å²) in [6.45, 7) is 1.83. The van der Waals surface area contributed by atoms with Crippen molar-refractivity contribution in [2.45, 2.75) is 13.5 Å². The molecule has 0 saturated carbocycles. The van der Waals surface area contributed by atoms with E-state index in [1.807, 2.05) is 16.8 Å². The van der Waals surface area contributed by atoms with Crippen LogP contribution in [0.5, 0.6) is 0 Å². The fraction of sp³-hybridized carbons (Fsp3) is 0.133. The van der Waals surface area contributed by atoms with Crippen molar-refractivity contribution >= 4 is 22.9 Å². The second kappa shape index (κ2) is 6.17. The second-order valence-corrected chi connectivity index (χ2v) is 5.67. The Balaban J connectivity index is 1.78. The molecule has 0 aliphatic rings. The molecule has 0 aliphatic carbocycles. The largest absolute Gasteiger partial charge is 0.377 e. The van der Waals surface area contributed by atoms with E-state index in [1.165, 1.54) is 17.4 Å². The van der Waals surface area contributed by atoms with E-state index in [0.29, 0.717) is 23.0 Å². The van der Waals surface area contributed by atoms with E-state index in [4.69, 9.17) is 10.3 Å². The van der Waals surface area contributed by atoms with E-state index < -0.39 is 11.7 Å². The molecule has 6 nitrogen and oxygen atoms in total. The molecule has 23 heavy (non-hydrogen) atoms. The van der Waals surface area contributed by atoms with Crippen LogP contribution in [0.4, 0.5) is 10.1 Å². The quantitative estimate of drug-likeness (QED) is 0.749. The highest BCUT2D eigenvalue weighted by atomic mass is 32.1. The first-order valence-electron chi connectivity index (χ1n) is 6.73. The van der Waals surface area contributed by atoms with Crippen molar-refractivity contribution in [1.82, 2.24) is 10.1 Å². The van der Waals surface area contributed by atoms with Gasteiger partial charge in [0.05, 0.1) is 17.7 Å². The molecule has 2 heterocycles. The summed E-state index contributed by atoms with van der Waals surface area (Å²) in [5, 5.41) is 10.7. The van der Waals surface area contributed by atoms with E-state index >= 15 is 0 Å². The Labute approximate surface area is 135 Å². The van der Waals surface area contributed by atoms with Crippen LogP contribution in [0.3, 0.4) is 0 Å². The zero-order chi connectivity index (χ0) is 16.4. The normalized spacial score (nSPS) is 10.7. The summed E-state index contributed by atoms with van der Waals surface area (Å²) in [7, 11) is 0. The highest BCUT2D eigenvalue weighted by molar-refractivity contribution is 7.08. The lowest BCUT2D eigenvalue weighted by Gasteiger charge is -2.10. The van der Waals surface area contributed by atoms with Gasteiger partial charge >= 0.3 is 0 Å². The molecule has 118 valence electrons. The van der Waals surface area contributed by atoms with E-state index in [0.717, 1.165) is 11.6 Å². The molecule has 3 rings (SSSR count). The van der Waals surface area contributed by atoms with Crippen LogP contribution >= 0.6 is 11.3 Å². The number of aryl methyl sites for hydroxylation is 1. The van der Waals surface area contributed by atoms with Crippen molar-refractivity contribution in [3.63, 3.8) is 0 Å². The number of carbonyl (C=O) groups is 1. The van der Waals surface area contributed by atoms with Crippen molar-refractivity contribution in [2.24, 2.45) is 5.73 Å². The van der Waals surface area contributed by atoms with Crippen LogP contribution in [-0.4, -0.2) is 16.0 Å². The minimum absolute atomic E-state index is 0.0784. The topological polar surface area (TPSA) is 94.0 Å². The highest BCUT2D eigenvalue weighted by Crippen LogP contribution is 2.22. The van der Waals surface area contributed by atoms with Crippen molar-refractivity contribution in [3.05, 3.63) is 51.7 Å². The van der Waals surface area contributed by atoms with Crippen LogP contribution in [0, 0.1) is 12.7 Å². The van der Waals surface area contributed by atoms with Gasteiger partial charge in [-0.05, 0) is 36.1 Å².